The Morgan fingerprint density at radius 2 is 2.06 bits per heavy atom. The molecule has 5 atom stereocenters. The molecule has 6 rings (SSSR count). The molecule has 4 aromatic rings. The van der Waals surface area contributed by atoms with Crippen LogP contribution in [0.5, 0.6) is 0 Å². The SMILES string of the molecule is O=c1c2nc(Br)n(C3OC4COP(O)(=S)OC4C3O)c2nc2[nH]c(-c3ccccc3)cn12. The minimum absolute atomic E-state index is 0.0202. The largest absolute Gasteiger partial charge is 0.386 e. The highest BCUT2D eigenvalue weighted by molar-refractivity contribution is 9.10. The third kappa shape index (κ3) is 3.12. The van der Waals surface area contributed by atoms with Gasteiger partial charge in [0.15, 0.2) is 22.1 Å². The molecule has 2 saturated heterocycles. The van der Waals surface area contributed by atoms with E-state index in [2.05, 4.69) is 30.9 Å². The molecular formula is C18H15BrN5O6PS. The summed E-state index contributed by atoms with van der Waals surface area (Å²) < 4.78 is 19.6. The minimum Gasteiger partial charge on any atom is -0.386 e. The van der Waals surface area contributed by atoms with E-state index >= 15 is 0 Å². The summed E-state index contributed by atoms with van der Waals surface area (Å²) in [7, 11) is 0. The van der Waals surface area contributed by atoms with E-state index in [-0.39, 0.29) is 28.1 Å². The maximum atomic E-state index is 13.1. The molecule has 32 heavy (non-hydrogen) atoms. The van der Waals surface area contributed by atoms with Gasteiger partial charge in [0, 0.05) is 6.20 Å². The topological polar surface area (TPSA) is 136 Å². The van der Waals surface area contributed by atoms with Crippen LogP contribution in [0.3, 0.4) is 0 Å². The van der Waals surface area contributed by atoms with Gasteiger partial charge in [0.05, 0.1) is 12.3 Å². The smallest absolute Gasteiger partial charge is 0.325 e. The number of rotatable bonds is 2. The van der Waals surface area contributed by atoms with Crippen LogP contribution in [0.15, 0.2) is 46.1 Å². The maximum Gasteiger partial charge on any atom is 0.325 e. The summed E-state index contributed by atoms with van der Waals surface area (Å²) in [6.07, 6.45) is -2.05. The van der Waals surface area contributed by atoms with Gasteiger partial charge in [0.25, 0.3) is 5.56 Å². The van der Waals surface area contributed by atoms with E-state index in [1.807, 2.05) is 30.3 Å². The Kier molecular flexibility index (Phi) is 4.69. The molecule has 3 N–H and O–H groups in total. The summed E-state index contributed by atoms with van der Waals surface area (Å²) >= 11 is 8.24. The second-order valence-electron chi connectivity index (χ2n) is 7.46. The van der Waals surface area contributed by atoms with E-state index in [0.29, 0.717) is 5.78 Å². The maximum absolute atomic E-state index is 13.1. The number of nitrogens with zero attached hydrogens (tertiary/aromatic N) is 4. The number of aliphatic hydroxyl groups excluding tert-OH is 1. The number of hydrogen-bond donors (Lipinski definition) is 3. The first-order valence-corrected chi connectivity index (χ1v) is 12.9. The predicted molar refractivity (Wildman–Crippen MR) is 119 cm³/mol. The molecule has 2 aliphatic heterocycles. The van der Waals surface area contributed by atoms with Crippen LogP contribution in [-0.2, 0) is 25.6 Å². The molecule has 5 unspecified atom stereocenters. The first kappa shape index (κ1) is 20.6. The quantitative estimate of drug-likeness (QED) is 0.256. The van der Waals surface area contributed by atoms with E-state index in [1.165, 1.54) is 8.97 Å². The number of halogens is 1. The van der Waals surface area contributed by atoms with Crippen LogP contribution >= 0.6 is 22.6 Å². The fourth-order valence-electron chi connectivity index (χ4n) is 4.04. The molecule has 0 bridgehead atoms. The summed E-state index contributed by atoms with van der Waals surface area (Å²) in [6, 6.07) is 9.54. The number of ether oxygens (including phenoxy) is 1. The molecule has 14 heteroatoms. The van der Waals surface area contributed by atoms with E-state index in [0.717, 1.165) is 11.3 Å². The number of hydrogen-bond acceptors (Lipinski definition) is 8. The second kappa shape index (κ2) is 7.27. The van der Waals surface area contributed by atoms with Crippen molar-refractivity contribution in [2.45, 2.75) is 24.5 Å². The van der Waals surface area contributed by atoms with Crippen molar-refractivity contribution in [1.82, 2.24) is 23.9 Å². The predicted octanol–water partition coefficient (Wildman–Crippen LogP) is 1.69. The lowest BCUT2D eigenvalue weighted by Crippen LogP contribution is -2.39. The third-order valence-electron chi connectivity index (χ3n) is 5.51. The molecule has 0 aliphatic carbocycles. The van der Waals surface area contributed by atoms with Gasteiger partial charge < -0.3 is 24.2 Å². The zero-order valence-corrected chi connectivity index (χ0v) is 19.3. The van der Waals surface area contributed by atoms with E-state index < -0.39 is 31.3 Å². The number of nitrogens with one attached hydrogen (secondary N) is 1. The van der Waals surface area contributed by atoms with Crippen LogP contribution in [0.1, 0.15) is 6.23 Å². The van der Waals surface area contributed by atoms with Crippen molar-refractivity contribution >= 4 is 51.4 Å². The monoisotopic (exact) mass is 539 g/mol. The first-order valence-electron chi connectivity index (χ1n) is 9.56. The fraction of sp³-hybridized carbons (Fsp3) is 0.278. The molecule has 0 saturated carbocycles. The number of imidazole rings is 2. The Morgan fingerprint density at radius 3 is 2.84 bits per heavy atom. The first-order chi connectivity index (χ1) is 15.3. The Labute approximate surface area is 193 Å². The van der Waals surface area contributed by atoms with Gasteiger partial charge in [-0.3, -0.25) is 13.9 Å². The highest BCUT2D eigenvalue weighted by Gasteiger charge is 2.51. The van der Waals surface area contributed by atoms with Gasteiger partial charge in [0.2, 0.25) is 5.78 Å². The summed E-state index contributed by atoms with van der Waals surface area (Å²) in [4.78, 5) is 35.2. The summed E-state index contributed by atoms with van der Waals surface area (Å²) in [6.45, 7) is -3.46. The highest BCUT2D eigenvalue weighted by atomic mass is 79.9. The minimum atomic E-state index is -3.44. The number of benzene rings is 1. The van der Waals surface area contributed by atoms with Crippen molar-refractivity contribution in [3.63, 3.8) is 0 Å². The molecular weight excluding hydrogens is 525 g/mol. The molecule has 11 nitrogen and oxygen atoms in total. The lowest BCUT2D eigenvalue weighted by molar-refractivity contribution is -0.0600. The zero-order chi connectivity index (χ0) is 22.2. The normalized spacial score (nSPS) is 30.2. The summed E-state index contributed by atoms with van der Waals surface area (Å²) in [5, 5.41) is 10.9. The van der Waals surface area contributed by atoms with Gasteiger partial charge in [-0.1, -0.05) is 30.3 Å². The standard InChI is InChI=1S/C18H15BrN5O6PS/c19-17-21-11-14(24(17)16-12(25)13-10(29-16)7-28-31(27,32)30-13)22-18-20-9(6-23(18)15(11)26)8-4-2-1-3-5-8/h1-6,10,12-13,16,25H,7H2,(H,20,22)(H,27,32). The van der Waals surface area contributed by atoms with Crippen molar-refractivity contribution in [2.75, 3.05) is 6.61 Å². The molecule has 2 aliphatic rings. The van der Waals surface area contributed by atoms with Gasteiger partial charge in [-0.2, -0.15) is 4.98 Å². The van der Waals surface area contributed by atoms with Crippen molar-refractivity contribution in [1.29, 1.82) is 0 Å². The van der Waals surface area contributed by atoms with Crippen molar-refractivity contribution in [3.05, 3.63) is 51.6 Å². The van der Waals surface area contributed by atoms with E-state index in [1.54, 1.807) is 6.20 Å². The Morgan fingerprint density at radius 1 is 1.28 bits per heavy atom. The highest BCUT2D eigenvalue weighted by Crippen LogP contribution is 2.53. The fourth-order valence-corrected chi connectivity index (χ4v) is 6.03. The number of fused-ring (bicyclic) bond motifs is 3. The number of aromatic amines is 1. The van der Waals surface area contributed by atoms with E-state index in [4.69, 9.17) is 25.6 Å². The molecule has 0 amide bonds. The van der Waals surface area contributed by atoms with Gasteiger partial charge in [-0.15, -0.1) is 0 Å². The number of aliphatic hydroxyl groups is 1. The lowest BCUT2D eigenvalue weighted by Gasteiger charge is -2.30. The number of aromatic nitrogens is 5. The Balaban J connectivity index is 1.48. The Bertz CT molecular complexity index is 1470. The Hall–Kier alpha value is -1.96. The van der Waals surface area contributed by atoms with Crippen LogP contribution in [0.4, 0.5) is 0 Å². The number of H-pyrrole nitrogens is 1. The third-order valence-corrected chi connectivity index (χ3v) is 7.63. The van der Waals surface area contributed by atoms with Crippen LogP contribution in [-0.4, -0.2) is 58.8 Å². The van der Waals surface area contributed by atoms with Gasteiger partial charge in [0.1, 0.15) is 18.3 Å². The molecule has 0 radical (unpaired) electrons. The van der Waals surface area contributed by atoms with Gasteiger partial charge in [-0.05, 0) is 33.3 Å². The molecule has 1 aromatic carbocycles. The summed E-state index contributed by atoms with van der Waals surface area (Å²) in [5.41, 5.74) is 1.56. The lowest BCUT2D eigenvalue weighted by atomic mass is 10.1. The van der Waals surface area contributed by atoms with Crippen LogP contribution in [0, 0.1) is 0 Å². The molecule has 166 valence electrons. The average Bonchev–Trinajstić information content (AvgIpc) is 3.43. The van der Waals surface area contributed by atoms with Crippen molar-refractivity contribution < 1.29 is 23.8 Å². The molecule has 0 spiro atoms. The summed E-state index contributed by atoms with van der Waals surface area (Å²) in [5.74, 6) is 0.311. The van der Waals surface area contributed by atoms with Crippen LogP contribution < -0.4 is 5.56 Å². The van der Waals surface area contributed by atoms with Crippen LogP contribution in [0.2, 0.25) is 0 Å². The van der Waals surface area contributed by atoms with Gasteiger partial charge in [-0.25, -0.2) is 9.38 Å². The molecule has 2 fully saturated rings. The second-order valence-corrected chi connectivity index (χ2v) is 11.0. The molecule has 3 aromatic heterocycles. The molecule has 5 heterocycles. The van der Waals surface area contributed by atoms with E-state index in [9.17, 15) is 14.8 Å². The van der Waals surface area contributed by atoms with Crippen molar-refractivity contribution in [2.24, 2.45) is 0 Å². The van der Waals surface area contributed by atoms with Crippen molar-refractivity contribution in [3.8, 4) is 11.3 Å². The van der Waals surface area contributed by atoms with Gasteiger partial charge >= 0.3 is 6.72 Å². The van der Waals surface area contributed by atoms with Crippen LogP contribution in [0.25, 0.3) is 28.2 Å². The average molecular weight is 540 g/mol. The zero-order valence-electron chi connectivity index (χ0n) is 16.0.